The summed E-state index contributed by atoms with van der Waals surface area (Å²) in [6, 6.07) is 17.0. The molecule has 0 bridgehead atoms. The topological polar surface area (TPSA) is 76.9 Å². The van der Waals surface area contributed by atoms with Crippen molar-refractivity contribution in [2.24, 2.45) is 0 Å². The zero-order chi connectivity index (χ0) is 17.5. The standard InChI is InChI=1S/C18H18N4O2S/c23-25(24,10-9-16-5-2-1-3-6-16)21-12-17-7-4-8-18(11-17)13-22-15-19-14-20-22/h1-11,14-15,21H,12-13H2. The quantitative estimate of drug-likeness (QED) is 0.707. The Morgan fingerprint density at radius 1 is 1.04 bits per heavy atom. The summed E-state index contributed by atoms with van der Waals surface area (Å²) in [6.07, 6.45) is 4.70. The predicted octanol–water partition coefficient (Wildman–Crippen LogP) is 2.42. The molecule has 128 valence electrons. The first kappa shape index (κ1) is 17.1. The Balaban J connectivity index is 1.61. The van der Waals surface area contributed by atoms with Crippen LogP contribution < -0.4 is 4.72 Å². The fourth-order valence-corrected chi connectivity index (χ4v) is 3.10. The molecule has 0 saturated heterocycles. The molecule has 0 unspecified atom stereocenters. The Kier molecular flexibility index (Phi) is 5.37. The molecule has 3 rings (SSSR count). The van der Waals surface area contributed by atoms with Gasteiger partial charge in [0, 0.05) is 12.0 Å². The van der Waals surface area contributed by atoms with Crippen LogP contribution in [0.25, 0.3) is 6.08 Å². The van der Waals surface area contributed by atoms with E-state index in [1.807, 2.05) is 54.6 Å². The fraction of sp³-hybridized carbons (Fsp3) is 0.111. The molecule has 0 fully saturated rings. The number of nitrogens with one attached hydrogen (secondary N) is 1. The van der Waals surface area contributed by atoms with Crippen LogP contribution in [-0.2, 0) is 23.1 Å². The van der Waals surface area contributed by atoms with Crippen molar-refractivity contribution in [2.75, 3.05) is 0 Å². The van der Waals surface area contributed by atoms with E-state index in [4.69, 9.17) is 0 Å². The van der Waals surface area contributed by atoms with Crippen LogP contribution in [0.15, 0.2) is 72.7 Å². The first-order chi connectivity index (χ1) is 12.1. The molecule has 0 radical (unpaired) electrons. The second kappa shape index (κ2) is 7.87. The monoisotopic (exact) mass is 354 g/mol. The molecule has 2 aromatic carbocycles. The number of sulfonamides is 1. The molecule has 0 atom stereocenters. The van der Waals surface area contributed by atoms with Gasteiger partial charge in [-0.3, -0.25) is 0 Å². The highest BCUT2D eigenvalue weighted by molar-refractivity contribution is 7.92. The fourth-order valence-electron chi connectivity index (χ4n) is 2.30. The summed E-state index contributed by atoms with van der Waals surface area (Å²) in [5, 5.41) is 5.25. The molecule has 0 saturated carbocycles. The van der Waals surface area contributed by atoms with Gasteiger partial charge in [-0.1, -0.05) is 54.6 Å². The summed E-state index contributed by atoms with van der Waals surface area (Å²) in [4.78, 5) is 3.91. The highest BCUT2D eigenvalue weighted by Crippen LogP contribution is 2.08. The van der Waals surface area contributed by atoms with Gasteiger partial charge in [0.25, 0.3) is 0 Å². The van der Waals surface area contributed by atoms with Gasteiger partial charge in [0.2, 0.25) is 10.0 Å². The summed E-state index contributed by atoms with van der Waals surface area (Å²) in [5.41, 5.74) is 2.75. The highest BCUT2D eigenvalue weighted by atomic mass is 32.2. The number of hydrogen-bond donors (Lipinski definition) is 1. The lowest BCUT2D eigenvalue weighted by molar-refractivity contribution is 0.590. The van der Waals surface area contributed by atoms with E-state index in [9.17, 15) is 8.42 Å². The predicted molar refractivity (Wildman–Crippen MR) is 96.8 cm³/mol. The average molecular weight is 354 g/mol. The van der Waals surface area contributed by atoms with Crippen LogP contribution in [0.3, 0.4) is 0 Å². The zero-order valence-electron chi connectivity index (χ0n) is 13.5. The molecule has 7 heteroatoms. The van der Waals surface area contributed by atoms with Crippen LogP contribution in [0.4, 0.5) is 0 Å². The third-order valence-corrected chi connectivity index (χ3v) is 4.56. The summed E-state index contributed by atoms with van der Waals surface area (Å²) < 4.78 is 28.5. The van der Waals surface area contributed by atoms with Gasteiger partial charge in [-0.05, 0) is 22.8 Å². The molecule has 0 amide bonds. The van der Waals surface area contributed by atoms with Crippen molar-refractivity contribution in [1.29, 1.82) is 0 Å². The van der Waals surface area contributed by atoms with E-state index in [1.165, 1.54) is 11.7 Å². The third kappa shape index (κ3) is 5.37. The maximum absolute atomic E-state index is 12.1. The lowest BCUT2D eigenvalue weighted by atomic mass is 10.1. The van der Waals surface area contributed by atoms with Crippen molar-refractivity contribution < 1.29 is 8.42 Å². The Morgan fingerprint density at radius 2 is 1.84 bits per heavy atom. The van der Waals surface area contributed by atoms with Crippen molar-refractivity contribution in [2.45, 2.75) is 13.1 Å². The second-order valence-corrected chi connectivity index (χ2v) is 7.14. The lowest BCUT2D eigenvalue weighted by Crippen LogP contribution is -2.20. The molecule has 1 heterocycles. The summed E-state index contributed by atoms with van der Waals surface area (Å²) in [7, 11) is -3.50. The number of rotatable bonds is 7. The van der Waals surface area contributed by atoms with E-state index in [2.05, 4.69) is 14.8 Å². The SMILES string of the molecule is O=S(=O)(C=Cc1ccccc1)NCc1cccc(Cn2cncn2)c1. The van der Waals surface area contributed by atoms with Crippen molar-refractivity contribution in [3.8, 4) is 0 Å². The van der Waals surface area contributed by atoms with Gasteiger partial charge < -0.3 is 0 Å². The molecule has 0 aliphatic rings. The second-order valence-electron chi connectivity index (χ2n) is 5.49. The summed E-state index contributed by atoms with van der Waals surface area (Å²) >= 11 is 0. The lowest BCUT2D eigenvalue weighted by Gasteiger charge is -2.06. The number of benzene rings is 2. The third-order valence-electron chi connectivity index (χ3n) is 3.52. The molecule has 0 aliphatic carbocycles. The highest BCUT2D eigenvalue weighted by Gasteiger charge is 2.06. The van der Waals surface area contributed by atoms with Crippen molar-refractivity contribution in [3.63, 3.8) is 0 Å². The Labute approximate surface area is 146 Å². The van der Waals surface area contributed by atoms with Gasteiger partial charge in [0.1, 0.15) is 12.7 Å². The molecular weight excluding hydrogens is 336 g/mol. The van der Waals surface area contributed by atoms with Gasteiger partial charge in [0.05, 0.1) is 6.54 Å². The average Bonchev–Trinajstić information content (AvgIpc) is 3.13. The zero-order valence-corrected chi connectivity index (χ0v) is 14.3. The minimum absolute atomic E-state index is 0.229. The van der Waals surface area contributed by atoms with E-state index in [1.54, 1.807) is 17.1 Å². The van der Waals surface area contributed by atoms with Crippen LogP contribution in [0.2, 0.25) is 0 Å². The Hall–Kier alpha value is -2.77. The summed E-state index contributed by atoms with van der Waals surface area (Å²) in [5.74, 6) is 0. The molecule has 25 heavy (non-hydrogen) atoms. The van der Waals surface area contributed by atoms with Crippen molar-refractivity contribution >= 4 is 16.1 Å². The first-order valence-electron chi connectivity index (χ1n) is 7.74. The van der Waals surface area contributed by atoms with E-state index in [-0.39, 0.29) is 6.54 Å². The largest absolute Gasteiger partial charge is 0.249 e. The molecule has 1 N–H and O–H groups in total. The van der Waals surface area contributed by atoms with Crippen LogP contribution in [0.5, 0.6) is 0 Å². The van der Waals surface area contributed by atoms with E-state index in [0.29, 0.717) is 6.54 Å². The van der Waals surface area contributed by atoms with Crippen molar-refractivity contribution in [1.82, 2.24) is 19.5 Å². The Bertz CT molecular complexity index is 936. The maximum Gasteiger partial charge on any atom is 0.234 e. The number of aromatic nitrogens is 3. The van der Waals surface area contributed by atoms with E-state index in [0.717, 1.165) is 16.7 Å². The summed E-state index contributed by atoms with van der Waals surface area (Å²) in [6.45, 7) is 0.821. The molecule has 6 nitrogen and oxygen atoms in total. The number of hydrogen-bond acceptors (Lipinski definition) is 4. The van der Waals surface area contributed by atoms with Crippen LogP contribution in [-0.4, -0.2) is 23.2 Å². The van der Waals surface area contributed by atoms with Gasteiger partial charge in [-0.2, -0.15) is 5.10 Å². The van der Waals surface area contributed by atoms with E-state index >= 15 is 0 Å². The minimum atomic E-state index is -3.50. The molecule has 1 aromatic heterocycles. The number of nitrogens with zero attached hydrogens (tertiary/aromatic N) is 3. The smallest absolute Gasteiger partial charge is 0.234 e. The molecule has 3 aromatic rings. The van der Waals surface area contributed by atoms with Gasteiger partial charge in [-0.15, -0.1) is 0 Å². The molecule has 0 aliphatic heterocycles. The molecule has 0 spiro atoms. The van der Waals surface area contributed by atoms with Crippen LogP contribution in [0.1, 0.15) is 16.7 Å². The van der Waals surface area contributed by atoms with Crippen LogP contribution >= 0.6 is 0 Å². The molecular formula is C18H18N4O2S. The van der Waals surface area contributed by atoms with Crippen LogP contribution in [0, 0.1) is 0 Å². The normalized spacial score (nSPS) is 11.8. The van der Waals surface area contributed by atoms with Gasteiger partial charge in [0.15, 0.2) is 0 Å². The minimum Gasteiger partial charge on any atom is -0.249 e. The maximum atomic E-state index is 12.1. The van der Waals surface area contributed by atoms with Gasteiger partial charge >= 0.3 is 0 Å². The van der Waals surface area contributed by atoms with Gasteiger partial charge in [-0.25, -0.2) is 22.8 Å². The van der Waals surface area contributed by atoms with Crippen molar-refractivity contribution in [3.05, 3.63) is 89.4 Å². The first-order valence-corrected chi connectivity index (χ1v) is 9.28. The Morgan fingerprint density at radius 3 is 2.60 bits per heavy atom. The van der Waals surface area contributed by atoms with E-state index < -0.39 is 10.0 Å².